The van der Waals surface area contributed by atoms with Crippen LogP contribution in [-0.2, 0) is 10.4 Å². The molecule has 0 aliphatic carbocycles. The van der Waals surface area contributed by atoms with Crippen molar-refractivity contribution in [1.82, 2.24) is 20.1 Å². The van der Waals surface area contributed by atoms with E-state index in [0.29, 0.717) is 22.8 Å². The Morgan fingerprint density at radius 1 is 0.676 bits per heavy atom. The molecule has 2 aliphatic heterocycles. The van der Waals surface area contributed by atoms with E-state index in [0.717, 1.165) is 10.1 Å². The number of nitrogens with one attached hydrogen (secondary N) is 2. The van der Waals surface area contributed by atoms with Crippen LogP contribution in [0.25, 0.3) is 11.4 Å². The van der Waals surface area contributed by atoms with Gasteiger partial charge in [-0.05, 0) is 79.7 Å². The smallest absolute Gasteiger partial charge is 0.213 e. The first kappa shape index (κ1) is 25.1. The highest BCUT2D eigenvalue weighted by atomic mass is 16.6. The predicted molar refractivity (Wildman–Crippen MR) is 123 cm³/mol. The molecule has 2 saturated heterocycles. The summed E-state index contributed by atoms with van der Waals surface area (Å²) in [6.07, 6.45) is -2.02. The van der Waals surface area contributed by atoms with Crippen LogP contribution in [0, 0.1) is 10.4 Å². The first-order valence-electron chi connectivity index (χ1n) is 11.5. The minimum absolute atomic E-state index is 0.179. The van der Waals surface area contributed by atoms with Crippen LogP contribution in [0.2, 0.25) is 0 Å². The van der Waals surface area contributed by atoms with E-state index in [-0.39, 0.29) is 10.1 Å². The Labute approximate surface area is 200 Å². The molecule has 4 rings (SSSR count). The van der Waals surface area contributed by atoms with Gasteiger partial charge >= 0.3 is 0 Å². The van der Waals surface area contributed by atoms with Crippen molar-refractivity contribution in [3.8, 4) is 11.4 Å². The average molecular weight is 471 g/mol. The molecule has 2 fully saturated rings. The molecule has 0 spiro atoms. The second kappa shape index (κ2) is 7.74. The van der Waals surface area contributed by atoms with E-state index in [2.05, 4.69) is 9.97 Å². The molecule has 0 bridgehead atoms. The number of pyridine rings is 2. The molecular weight excluding hydrogens is 436 g/mol. The number of hydrogen-bond acceptors (Lipinski definition) is 6. The zero-order valence-electron chi connectivity index (χ0n) is 21.0. The van der Waals surface area contributed by atoms with Crippen LogP contribution in [-0.4, -0.2) is 42.3 Å². The molecule has 4 unspecified atom stereocenters. The average Bonchev–Trinajstić information content (AvgIpc) is 2.97. The highest BCUT2D eigenvalue weighted by Crippen LogP contribution is 2.38. The SMILES string of the molecule is CC1(C)N([O])C(c2cccc(-c3cccc(C4N([O])C(C)(C)C(C)(C)[NH+]4[O-])n3)n2)[NH+]([O-])C1(C)C. The Hall–Kier alpha value is -2.02. The third-order valence-electron chi connectivity index (χ3n) is 8.72. The molecule has 2 aromatic heterocycles. The van der Waals surface area contributed by atoms with Gasteiger partial charge in [0.05, 0.1) is 11.4 Å². The van der Waals surface area contributed by atoms with Crippen LogP contribution in [0.15, 0.2) is 36.4 Å². The summed E-state index contributed by atoms with van der Waals surface area (Å²) in [6, 6.07) is 10.3. The lowest BCUT2D eigenvalue weighted by Crippen LogP contribution is -3.14. The molecular formula is C24H34N6O4. The van der Waals surface area contributed by atoms with Crippen molar-refractivity contribution >= 4 is 0 Å². The summed E-state index contributed by atoms with van der Waals surface area (Å²) >= 11 is 0. The molecule has 0 amide bonds. The quantitative estimate of drug-likeness (QED) is 0.652. The van der Waals surface area contributed by atoms with E-state index in [9.17, 15) is 20.8 Å². The number of nitrogens with zero attached hydrogens (tertiary/aromatic N) is 4. The molecule has 10 heteroatoms. The van der Waals surface area contributed by atoms with E-state index in [4.69, 9.17) is 0 Å². The number of rotatable bonds is 3. The van der Waals surface area contributed by atoms with Gasteiger partial charge in [-0.1, -0.05) is 22.3 Å². The lowest BCUT2D eigenvalue weighted by atomic mass is 9.84. The van der Waals surface area contributed by atoms with Crippen molar-refractivity contribution in [1.29, 1.82) is 0 Å². The summed E-state index contributed by atoms with van der Waals surface area (Å²) in [6.45, 7) is 14.2. The summed E-state index contributed by atoms with van der Waals surface area (Å²) in [7, 11) is 0. The van der Waals surface area contributed by atoms with Gasteiger partial charge in [-0.3, -0.25) is 0 Å². The van der Waals surface area contributed by atoms with Crippen LogP contribution >= 0.6 is 0 Å². The number of quaternary nitrogens is 2. The molecule has 0 aromatic carbocycles. The van der Waals surface area contributed by atoms with Crippen molar-refractivity contribution < 1.29 is 20.5 Å². The minimum atomic E-state index is -1.01. The van der Waals surface area contributed by atoms with E-state index in [1.165, 1.54) is 0 Å². The van der Waals surface area contributed by atoms with Gasteiger partial charge in [-0.25, -0.2) is 9.97 Å². The summed E-state index contributed by atoms with van der Waals surface area (Å²) in [4.78, 5) is 9.24. The van der Waals surface area contributed by atoms with Gasteiger partial charge in [0.15, 0.2) is 0 Å². The first-order valence-corrected chi connectivity index (χ1v) is 11.5. The maximum absolute atomic E-state index is 13.1. The van der Waals surface area contributed by atoms with Gasteiger partial charge < -0.3 is 20.5 Å². The molecule has 2 aliphatic rings. The van der Waals surface area contributed by atoms with Gasteiger partial charge in [0, 0.05) is 0 Å². The molecule has 10 nitrogen and oxygen atoms in total. The van der Waals surface area contributed by atoms with Gasteiger partial charge in [-0.15, -0.1) is 10.4 Å². The predicted octanol–water partition coefficient (Wildman–Crippen LogP) is 1.34. The van der Waals surface area contributed by atoms with Gasteiger partial charge in [0.25, 0.3) is 0 Å². The van der Waals surface area contributed by atoms with Crippen molar-refractivity contribution in [2.24, 2.45) is 0 Å². The van der Waals surface area contributed by atoms with Crippen LogP contribution in [0.5, 0.6) is 0 Å². The molecule has 4 heterocycles. The van der Waals surface area contributed by atoms with Crippen molar-refractivity contribution in [3.05, 3.63) is 58.2 Å². The maximum atomic E-state index is 13.1. The van der Waals surface area contributed by atoms with Crippen molar-refractivity contribution in [2.75, 3.05) is 0 Å². The molecule has 2 radical (unpaired) electrons. The Balaban J connectivity index is 1.71. The van der Waals surface area contributed by atoms with Crippen molar-refractivity contribution in [3.63, 3.8) is 0 Å². The lowest BCUT2D eigenvalue weighted by molar-refractivity contribution is -0.926. The normalized spacial score (nSPS) is 32.2. The van der Waals surface area contributed by atoms with Crippen LogP contribution in [0.4, 0.5) is 0 Å². The number of hydrogen-bond donors (Lipinski definition) is 2. The van der Waals surface area contributed by atoms with E-state index in [1.54, 1.807) is 91.8 Å². The summed E-state index contributed by atoms with van der Waals surface area (Å²) in [5.41, 5.74) is -1.81. The molecule has 2 N–H and O–H groups in total. The fourth-order valence-corrected chi connectivity index (χ4v) is 4.70. The first-order chi connectivity index (χ1) is 15.6. The molecule has 4 atom stereocenters. The lowest BCUT2D eigenvalue weighted by Gasteiger charge is -2.38. The zero-order valence-corrected chi connectivity index (χ0v) is 21.0. The topological polar surface area (TPSA) is 127 Å². The minimum Gasteiger partial charge on any atom is -0.632 e. The van der Waals surface area contributed by atoms with E-state index in [1.807, 2.05) is 0 Å². The fraction of sp³-hybridized carbons (Fsp3) is 0.583. The number of hydroxylamine groups is 8. The highest BCUT2D eigenvalue weighted by molar-refractivity contribution is 5.54. The highest BCUT2D eigenvalue weighted by Gasteiger charge is 2.62. The fourth-order valence-electron chi connectivity index (χ4n) is 4.70. The zero-order chi connectivity index (χ0) is 25.4. The summed E-state index contributed by atoms with van der Waals surface area (Å²) < 4.78 is 0. The Morgan fingerprint density at radius 3 is 1.26 bits per heavy atom. The van der Waals surface area contributed by atoms with Gasteiger partial charge in [0.1, 0.15) is 33.5 Å². The van der Waals surface area contributed by atoms with E-state index < -0.39 is 34.5 Å². The molecule has 0 saturated carbocycles. The maximum Gasteiger partial charge on any atom is 0.213 e. The third-order valence-corrected chi connectivity index (χ3v) is 8.72. The molecule has 2 aromatic rings. The van der Waals surface area contributed by atoms with Gasteiger partial charge in [-0.2, -0.15) is 0 Å². The Bertz CT molecular complexity index is 963. The number of aromatic nitrogens is 2. The van der Waals surface area contributed by atoms with Crippen LogP contribution < -0.4 is 10.1 Å². The monoisotopic (exact) mass is 470 g/mol. The second-order valence-corrected chi connectivity index (χ2v) is 11.4. The second-order valence-electron chi connectivity index (χ2n) is 11.4. The van der Waals surface area contributed by atoms with Crippen LogP contribution in [0.1, 0.15) is 79.1 Å². The largest absolute Gasteiger partial charge is 0.632 e. The molecule has 34 heavy (non-hydrogen) atoms. The van der Waals surface area contributed by atoms with Gasteiger partial charge in [0.2, 0.25) is 12.3 Å². The summed E-state index contributed by atoms with van der Waals surface area (Å²) in [5.74, 6) is 0. The van der Waals surface area contributed by atoms with E-state index >= 15 is 0 Å². The Kier molecular flexibility index (Phi) is 5.71. The standard InChI is InChI=1S/C24H34N6O4/c1-21(2)22(3,4)28(32)19(27(21)31)17-13-9-11-15(25-17)16-12-10-14-18(26-16)20-29(33)23(5,6)24(7,8)30(20)34/h9-14,19-20,27,29H,1-8H3. The summed E-state index contributed by atoms with van der Waals surface area (Å²) in [5, 5.41) is 53.8. The van der Waals surface area contributed by atoms with Crippen molar-refractivity contribution in [2.45, 2.75) is 89.9 Å². The van der Waals surface area contributed by atoms with Crippen LogP contribution in [0.3, 0.4) is 0 Å². The third kappa shape index (κ3) is 3.25. The molecule has 184 valence electrons. The Morgan fingerprint density at radius 2 is 1.00 bits per heavy atom.